The van der Waals surface area contributed by atoms with Crippen LogP contribution in [0.4, 0.5) is 8.78 Å². The van der Waals surface area contributed by atoms with Crippen molar-refractivity contribution in [3.05, 3.63) is 33.8 Å². The molecule has 0 bridgehead atoms. The number of hydrogen-bond acceptors (Lipinski definition) is 3. The minimum Gasteiger partial charge on any atom is -0.380 e. The van der Waals surface area contributed by atoms with E-state index >= 15 is 0 Å². The molecule has 1 heterocycles. The number of carbonyl (C=O) groups is 1. The van der Waals surface area contributed by atoms with Gasteiger partial charge >= 0.3 is 0 Å². The first-order valence-electron chi connectivity index (χ1n) is 5.48. The third kappa shape index (κ3) is 2.46. The molecule has 0 aromatic heterocycles. The third-order valence-corrected chi connectivity index (χ3v) is 3.64. The largest absolute Gasteiger partial charge is 0.380 e. The van der Waals surface area contributed by atoms with Crippen molar-refractivity contribution in [3.8, 4) is 0 Å². The van der Waals surface area contributed by atoms with Gasteiger partial charge in [0, 0.05) is 13.7 Å². The number of halogens is 3. The molecule has 1 aromatic carbocycles. The van der Waals surface area contributed by atoms with Crippen molar-refractivity contribution in [1.29, 1.82) is 0 Å². The second-order valence-corrected chi connectivity index (χ2v) is 4.99. The molecule has 0 radical (unpaired) electrons. The zero-order valence-electron chi connectivity index (χ0n) is 9.67. The molecule has 18 heavy (non-hydrogen) atoms. The number of hydrogen-bond donors (Lipinski definition) is 1. The Kier molecular flexibility index (Phi) is 4.09. The minimum absolute atomic E-state index is 0.0774. The van der Waals surface area contributed by atoms with Crippen molar-refractivity contribution in [2.24, 2.45) is 0 Å². The quantitative estimate of drug-likeness (QED) is 0.686. The molecule has 1 aliphatic heterocycles. The Balaban J connectivity index is 2.27. The van der Waals surface area contributed by atoms with Crippen LogP contribution in [0, 0.1) is 11.6 Å². The fraction of sp³-hybridized carbons (Fsp3) is 0.417. The molecule has 1 N–H and O–H groups in total. The van der Waals surface area contributed by atoms with Gasteiger partial charge in [-0.05, 0) is 34.5 Å². The number of methoxy groups -OCH3 is 1. The molecule has 98 valence electrons. The van der Waals surface area contributed by atoms with E-state index in [1.165, 1.54) is 6.07 Å². The van der Waals surface area contributed by atoms with E-state index in [-0.39, 0.29) is 10.6 Å². The van der Waals surface area contributed by atoms with E-state index in [1.54, 1.807) is 7.11 Å². The fourth-order valence-electron chi connectivity index (χ4n) is 2.01. The summed E-state index contributed by atoms with van der Waals surface area (Å²) in [4.78, 5) is 12.1. The normalized spacial score (nSPS) is 23.3. The number of ketones is 1. The van der Waals surface area contributed by atoms with Crippen LogP contribution in [0.25, 0.3) is 0 Å². The van der Waals surface area contributed by atoms with Crippen LogP contribution >= 0.6 is 15.9 Å². The van der Waals surface area contributed by atoms with E-state index in [1.807, 2.05) is 0 Å². The summed E-state index contributed by atoms with van der Waals surface area (Å²) >= 11 is 2.94. The maximum Gasteiger partial charge on any atom is 0.185 e. The van der Waals surface area contributed by atoms with Gasteiger partial charge in [0.05, 0.1) is 22.2 Å². The standard InChI is InChI=1S/C12H12BrF2NO2/c1-18-6-4-9(16-5-6)12(17)10-8(14)3-2-7(13)11(10)15/h2-3,6,9,16H,4-5H2,1H3. The SMILES string of the molecule is COC1CNC(C(=O)c2c(F)ccc(Br)c2F)C1. The van der Waals surface area contributed by atoms with Crippen molar-refractivity contribution in [3.63, 3.8) is 0 Å². The van der Waals surface area contributed by atoms with Gasteiger partial charge in [-0.1, -0.05) is 0 Å². The molecule has 0 saturated carbocycles. The third-order valence-electron chi connectivity index (χ3n) is 3.03. The lowest BCUT2D eigenvalue weighted by Gasteiger charge is -2.11. The Morgan fingerprint density at radius 2 is 2.22 bits per heavy atom. The summed E-state index contributed by atoms with van der Waals surface area (Å²) in [6.45, 7) is 0.504. The van der Waals surface area contributed by atoms with Gasteiger partial charge in [0.15, 0.2) is 11.6 Å². The summed E-state index contributed by atoms with van der Waals surface area (Å²) in [5.41, 5.74) is -0.501. The van der Waals surface area contributed by atoms with Crippen LogP contribution in [0.5, 0.6) is 0 Å². The van der Waals surface area contributed by atoms with Gasteiger partial charge in [0.25, 0.3) is 0 Å². The highest BCUT2D eigenvalue weighted by molar-refractivity contribution is 9.10. The van der Waals surface area contributed by atoms with Crippen molar-refractivity contribution in [1.82, 2.24) is 5.32 Å². The van der Waals surface area contributed by atoms with Crippen LogP contribution in [0.2, 0.25) is 0 Å². The number of rotatable bonds is 3. The van der Waals surface area contributed by atoms with Crippen LogP contribution in [0.15, 0.2) is 16.6 Å². The van der Waals surface area contributed by atoms with Crippen LogP contribution in [0.1, 0.15) is 16.8 Å². The van der Waals surface area contributed by atoms with Gasteiger partial charge < -0.3 is 10.1 Å². The highest BCUT2D eigenvalue weighted by atomic mass is 79.9. The monoisotopic (exact) mass is 319 g/mol. The van der Waals surface area contributed by atoms with Crippen molar-refractivity contribution < 1.29 is 18.3 Å². The van der Waals surface area contributed by atoms with E-state index in [4.69, 9.17) is 4.74 Å². The Bertz CT molecular complexity index is 481. The molecule has 1 aliphatic rings. The Hall–Kier alpha value is -0.850. The van der Waals surface area contributed by atoms with Crippen LogP contribution in [-0.2, 0) is 4.74 Å². The first-order valence-corrected chi connectivity index (χ1v) is 6.27. The Morgan fingerprint density at radius 3 is 2.83 bits per heavy atom. The summed E-state index contributed by atoms with van der Waals surface area (Å²) in [5, 5.41) is 2.91. The molecule has 1 fully saturated rings. The highest BCUT2D eigenvalue weighted by Crippen LogP contribution is 2.24. The molecule has 1 saturated heterocycles. The lowest BCUT2D eigenvalue weighted by Crippen LogP contribution is -2.32. The average molecular weight is 320 g/mol. The number of benzene rings is 1. The second kappa shape index (κ2) is 5.42. The van der Waals surface area contributed by atoms with Gasteiger partial charge in [-0.2, -0.15) is 0 Å². The van der Waals surface area contributed by atoms with Gasteiger partial charge in [-0.15, -0.1) is 0 Å². The van der Waals surface area contributed by atoms with Crippen molar-refractivity contribution in [2.75, 3.05) is 13.7 Å². The number of nitrogens with one attached hydrogen (secondary N) is 1. The minimum atomic E-state index is -0.859. The van der Waals surface area contributed by atoms with Crippen LogP contribution in [0.3, 0.4) is 0 Å². The molecular weight excluding hydrogens is 308 g/mol. The van der Waals surface area contributed by atoms with Gasteiger partial charge in [0.1, 0.15) is 5.82 Å². The number of Topliss-reactive ketones (excluding diaryl/α,β-unsaturated/α-hetero) is 1. The zero-order chi connectivity index (χ0) is 13.3. The van der Waals surface area contributed by atoms with Crippen LogP contribution < -0.4 is 5.32 Å². The summed E-state index contributed by atoms with van der Waals surface area (Å²) in [7, 11) is 1.54. The molecule has 2 unspecified atom stereocenters. The van der Waals surface area contributed by atoms with E-state index in [0.29, 0.717) is 13.0 Å². The second-order valence-electron chi connectivity index (χ2n) is 4.14. The predicted octanol–water partition coefficient (Wildman–Crippen LogP) is 2.29. The van der Waals surface area contributed by atoms with Gasteiger partial charge in [-0.25, -0.2) is 8.78 Å². The molecule has 0 spiro atoms. The highest BCUT2D eigenvalue weighted by Gasteiger charge is 2.33. The fourth-order valence-corrected chi connectivity index (χ4v) is 2.34. The Morgan fingerprint density at radius 1 is 1.50 bits per heavy atom. The first kappa shape index (κ1) is 13.6. The molecule has 0 aliphatic carbocycles. The first-order chi connectivity index (χ1) is 8.54. The van der Waals surface area contributed by atoms with E-state index in [0.717, 1.165) is 6.07 Å². The topological polar surface area (TPSA) is 38.3 Å². The summed E-state index contributed by atoms with van der Waals surface area (Å²) in [6, 6.07) is 1.71. The van der Waals surface area contributed by atoms with E-state index in [9.17, 15) is 13.6 Å². The molecule has 3 nitrogen and oxygen atoms in total. The van der Waals surface area contributed by atoms with Gasteiger partial charge in [-0.3, -0.25) is 4.79 Å². The van der Waals surface area contributed by atoms with Gasteiger partial charge in [0.2, 0.25) is 0 Å². The number of carbonyl (C=O) groups excluding carboxylic acids is 1. The summed E-state index contributed by atoms with van der Waals surface area (Å²) in [5.74, 6) is -2.28. The Labute approximate surface area is 112 Å². The molecule has 6 heteroatoms. The zero-order valence-corrected chi connectivity index (χ0v) is 11.3. The molecule has 2 rings (SSSR count). The van der Waals surface area contributed by atoms with Crippen molar-refractivity contribution >= 4 is 21.7 Å². The maximum absolute atomic E-state index is 13.8. The lowest BCUT2D eigenvalue weighted by molar-refractivity contribution is 0.0911. The van der Waals surface area contributed by atoms with Crippen molar-refractivity contribution in [2.45, 2.75) is 18.6 Å². The number of ether oxygens (including phenoxy) is 1. The average Bonchev–Trinajstić information content (AvgIpc) is 2.83. The predicted molar refractivity (Wildman–Crippen MR) is 65.6 cm³/mol. The molecule has 1 aromatic rings. The summed E-state index contributed by atoms with van der Waals surface area (Å²) < 4.78 is 32.5. The summed E-state index contributed by atoms with van der Waals surface area (Å²) in [6.07, 6.45) is 0.318. The molecule has 0 amide bonds. The molecular formula is C12H12BrF2NO2. The van der Waals surface area contributed by atoms with E-state index in [2.05, 4.69) is 21.2 Å². The smallest absolute Gasteiger partial charge is 0.185 e. The van der Waals surface area contributed by atoms with E-state index < -0.39 is 29.0 Å². The van der Waals surface area contributed by atoms with Crippen LogP contribution in [-0.4, -0.2) is 31.6 Å². The lowest BCUT2D eigenvalue weighted by atomic mass is 10.0. The molecule has 2 atom stereocenters. The maximum atomic E-state index is 13.8.